The van der Waals surface area contributed by atoms with E-state index in [1.807, 2.05) is 0 Å². The standard InChI is InChI=1S/C8H4F5N3/c9-6(10)4-2-16-7(15)5(3(4)1-14)8(11,12)13/h2,6H,(H2,15,16). The van der Waals surface area contributed by atoms with E-state index in [0.29, 0.717) is 6.20 Å². The van der Waals surface area contributed by atoms with Gasteiger partial charge in [-0.05, 0) is 0 Å². The van der Waals surface area contributed by atoms with E-state index < -0.39 is 35.1 Å². The van der Waals surface area contributed by atoms with Crippen molar-refractivity contribution >= 4 is 5.82 Å². The molecule has 0 amide bonds. The molecule has 0 saturated carbocycles. The van der Waals surface area contributed by atoms with Crippen LogP contribution in [0, 0.1) is 11.3 Å². The van der Waals surface area contributed by atoms with Gasteiger partial charge < -0.3 is 5.73 Å². The summed E-state index contributed by atoms with van der Waals surface area (Å²) < 4.78 is 61.9. The summed E-state index contributed by atoms with van der Waals surface area (Å²) >= 11 is 0. The maximum Gasteiger partial charge on any atom is 0.421 e. The molecule has 3 nitrogen and oxygen atoms in total. The van der Waals surface area contributed by atoms with Crippen molar-refractivity contribution in [3.05, 3.63) is 22.9 Å². The zero-order valence-electron chi connectivity index (χ0n) is 7.52. The highest BCUT2D eigenvalue weighted by Crippen LogP contribution is 2.38. The number of nitrogen functional groups attached to an aromatic ring is 1. The molecule has 16 heavy (non-hydrogen) atoms. The molecule has 0 fully saturated rings. The van der Waals surface area contributed by atoms with Crippen molar-refractivity contribution in [1.29, 1.82) is 5.26 Å². The Kier molecular flexibility index (Phi) is 2.98. The molecule has 1 aromatic rings. The number of hydrogen-bond acceptors (Lipinski definition) is 3. The zero-order chi connectivity index (χ0) is 12.5. The lowest BCUT2D eigenvalue weighted by Crippen LogP contribution is -2.15. The van der Waals surface area contributed by atoms with Crippen LogP contribution in [0.2, 0.25) is 0 Å². The van der Waals surface area contributed by atoms with Crippen LogP contribution in [-0.4, -0.2) is 4.98 Å². The van der Waals surface area contributed by atoms with Gasteiger partial charge in [0, 0.05) is 6.20 Å². The summed E-state index contributed by atoms with van der Waals surface area (Å²) in [4.78, 5) is 3.00. The number of nitrogens with two attached hydrogens (primary N) is 1. The molecular weight excluding hydrogens is 233 g/mol. The third-order valence-corrected chi connectivity index (χ3v) is 1.77. The van der Waals surface area contributed by atoms with Gasteiger partial charge in [-0.2, -0.15) is 18.4 Å². The van der Waals surface area contributed by atoms with Gasteiger partial charge in [-0.15, -0.1) is 0 Å². The Bertz CT molecular complexity index is 446. The molecule has 1 aromatic heterocycles. The quantitative estimate of drug-likeness (QED) is 0.763. The molecule has 1 heterocycles. The van der Waals surface area contributed by atoms with Crippen molar-refractivity contribution in [2.75, 3.05) is 5.73 Å². The van der Waals surface area contributed by atoms with Gasteiger partial charge in [0.2, 0.25) is 0 Å². The Morgan fingerprint density at radius 3 is 2.31 bits per heavy atom. The van der Waals surface area contributed by atoms with Gasteiger partial charge in [-0.1, -0.05) is 0 Å². The lowest BCUT2D eigenvalue weighted by molar-refractivity contribution is -0.137. The minimum atomic E-state index is -4.99. The molecule has 0 saturated heterocycles. The molecule has 8 heteroatoms. The van der Waals surface area contributed by atoms with Gasteiger partial charge in [-0.25, -0.2) is 13.8 Å². The Morgan fingerprint density at radius 1 is 1.38 bits per heavy atom. The van der Waals surface area contributed by atoms with Crippen molar-refractivity contribution in [3.63, 3.8) is 0 Å². The highest BCUT2D eigenvalue weighted by atomic mass is 19.4. The van der Waals surface area contributed by atoms with Crippen molar-refractivity contribution in [3.8, 4) is 6.07 Å². The van der Waals surface area contributed by atoms with Gasteiger partial charge in [0.1, 0.15) is 17.5 Å². The molecule has 0 aliphatic carbocycles. The molecule has 0 aliphatic rings. The lowest BCUT2D eigenvalue weighted by Gasteiger charge is -2.13. The predicted octanol–water partition coefficient (Wildman–Crippen LogP) is 2.49. The van der Waals surface area contributed by atoms with Crippen LogP contribution in [0.3, 0.4) is 0 Å². The molecule has 0 radical (unpaired) electrons. The maximum atomic E-state index is 12.4. The Labute approximate surface area is 86.3 Å². The van der Waals surface area contributed by atoms with E-state index in [1.54, 1.807) is 0 Å². The van der Waals surface area contributed by atoms with Crippen LogP contribution in [0.15, 0.2) is 6.20 Å². The fourth-order valence-electron chi connectivity index (χ4n) is 1.11. The summed E-state index contributed by atoms with van der Waals surface area (Å²) in [6.07, 6.45) is -7.75. The molecule has 2 N–H and O–H groups in total. The second-order valence-corrected chi connectivity index (χ2v) is 2.76. The minimum Gasteiger partial charge on any atom is -0.383 e. The number of halogens is 5. The van der Waals surface area contributed by atoms with Crippen LogP contribution in [0.5, 0.6) is 0 Å². The number of rotatable bonds is 1. The topological polar surface area (TPSA) is 62.7 Å². The molecule has 86 valence electrons. The molecule has 0 spiro atoms. The summed E-state index contributed by atoms with van der Waals surface area (Å²) in [5, 5.41) is 8.47. The molecular formula is C8H4F5N3. The van der Waals surface area contributed by atoms with E-state index in [9.17, 15) is 22.0 Å². The smallest absolute Gasteiger partial charge is 0.383 e. The second-order valence-electron chi connectivity index (χ2n) is 2.76. The summed E-state index contributed by atoms with van der Waals surface area (Å²) in [6, 6.07) is 1.07. The van der Waals surface area contributed by atoms with E-state index in [-0.39, 0.29) is 0 Å². The first-order valence-corrected chi connectivity index (χ1v) is 3.82. The molecule has 0 unspecified atom stereocenters. The van der Waals surface area contributed by atoms with Crippen LogP contribution < -0.4 is 5.73 Å². The first kappa shape index (κ1) is 12.2. The number of nitriles is 1. The van der Waals surface area contributed by atoms with E-state index in [4.69, 9.17) is 11.0 Å². The van der Waals surface area contributed by atoms with Crippen LogP contribution in [0.4, 0.5) is 27.8 Å². The van der Waals surface area contributed by atoms with Crippen molar-refractivity contribution in [1.82, 2.24) is 4.98 Å². The van der Waals surface area contributed by atoms with E-state index in [0.717, 1.165) is 6.07 Å². The van der Waals surface area contributed by atoms with Crippen LogP contribution in [0.1, 0.15) is 23.1 Å². The molecule has 0 aliphatic heterocycles. The Morgan fingerprint density at radius 2 is 1.94 bits per heavy atom. The van der Waals surface area contributed by atoms with Crippen molar-refractivity contribution in [2.24, 2.45) is 0 Å². The number of anilines is 1. The SMILES string of the molecule is N#Cc1c(C(F)F)cnc(N)c1C(F)(F)F. The highest BCUT2D eigenvalue weighted by Gasteiger charge is 2.39. The number of nitrogens with zero attached hydrogens (tertiary/aromatic N) is 2. The van der Waals surface area contributed by atoms with Crippen LogP contribution in [0.25, 0.3) is 0 Å². The molecule has 0 bridgehead atoms. The average Bonchev–Trinajstić information content (AvgIpc) is 2.14. The Hall–Kier alpha value is -1.91. The molecule has 0 atom stereocenters. The number of alkyl halides is 5. The van der Waals surface area contributed by atoms with Gasteiger partial charge >= 0.3 is 6.18 Å². The van der Waals surface area contributed by atoms with Gasteiger partial charge in [0.25, 0.3) is 6.43 Å². The predicted molar refractivity (Wildman–Crippen MR) is 43.3 cm³/mol. The van der Waals surface area contributed by atoms with E-state index >= 15 is 0 Å². The second kappa shape index (κ2) is 3.92. The average molecular weight is 237 g/mol. The normalized spacial score (nSPS) is 11.6. The van der Waals surface area contributed by atoms with Crippen molar-refractivity contribution in [2.45, 2.75) is 12.6 Å². The van der Waals surface area contributed by atoms with Gasteiger partial charge in [-0.3, -0.25) is 0 Å². The van der Waals surface area contributed by atoms with Gasteiger partial charge in [0.15, 0.2) is 0 Å². The van der Waals surface area contributed by atoms with Gasteiger partial charge in [0.05, 0.1) is 11.1 Å². The summed E-state index contributed by atoms with van der Waals surface area (Å²) in [6.45, 7) is 0. The summed E-state index contributed by atoms with van der Waals surface area (Å²) in [5.74, 6) is -0.992. The maximum absolute atomic E-state index is 12.4. The number of aromatic nitrogens is 1. The highest BCUT2D eigenvalue weighted by molar-refractivity contribution is 5.55. The fourth-order valence-corrected chi connectivity index (χ4v) is 1.11. The fraction of sp³-hybridized carbons (Fsp3) is 0.250. The first-order valence-electron chi connectivity index (χ1n) is 3.82. The zero-order valence-corrected chi connectivity index (χ0v) is 7.52. The molecule has 1 rings (SSSR count). The van der Waals surface area contributed by atoms with Crippen LogP contribution in [-0.2, 0) is 6.18 Å². The van der Waals surface area contributed by atoms with Crippen LogP contribution >= 0.6 is 0 Å². The third kappa shape index (κ3) is 2.03. The number of hydrogen-bond donors (Lipinski definition) is 1. The minimum absolute atomic E-state index is 0.466. The summed E-state index contributed by atoms with van der Waals surface area (Å²) in [5.41, 5.74) is 1.04. The third-order valence-electron chi connectivity index (χ3n) is 1.77. The number of pyridine rings is 1. The van der Waals surface area contributed by atoms with E-state index in [2.05, 4.69) is 4.98 Å². The summed E-state index contributed by atoms with van der Waals surface area (Å²) in [7, 11) is 0. The molecule has 0 aromatic carbocycles. The Balaban J connectivity index is 3.60. The van der Waals surface area contributed by atoms with E-state index in [1.165, 1.54) is 0 Å². The largest absolute Gasteiger partial charge is 0.421 e. The lowest BCUT2D eigenvalue weighted by atomic mass is 10.0. The van der Waals surface area contributed by atoms with Crippen molar-refractivity contribution < 1.29 is 22.0 Å². The first-order chi connectivity index (χ1) is 7.29. The monoisotopic (exact) mass is 237 g/mol.